The van der Waals surface area contributed by atoms with Gasteiger partial charge in [-0.3, -0.25) is 14.9 Å². The zero-order chi connectivity index (χ0) is 14.4. The lowest BCUT2D eigenvalue weighted by molar-refractivity contribution is -0.402. The maximum atomic E-state index is 10.8. The van der Waals surface area contributed by atoms with Crippen molar-refractivity contribution in [3.05, 3.63) is 28.0 Å². The van der Waals surface area contributed by atoms with Crippen LogP contribution < -0.4 is 5.32 Å². The van der Waals surface area contributed by atoms with Crippen LogP contribution in [-0.4, -0.2) is 33.7 Å². The molecule has 0 aliphatic rings. The maximum absolute atomic E-state index is 10.8. The number of nitro groups is 1. The molecule has 9 heteroatoms. The maximum Gasteiger partial charge on any atom is 0.433 e. The minimum atomic E-state index is -1.13. The van der Waals surface area contributed by atoms with Crippen molar-refractivity contribution in [2.45, 2.75) is 18.7 Å². The SMILES string of the molecule is CC(=O)N[C@@H](CSCc1ccc([N+](=O)[O-])o1)C(=O)O. The lowest BCUT2D eigenvalue weighted by Crippen LogP contribution is -2.41. The average Bonchev–Trinajstić information content (AvgIpc) is 2.75. The molecule has 1 amide bonds. The van der Waals surface area contributed by atoms with Crippen LogP contribution in [-0.2, 0) is 15.3 Å². The van der Waals surface area contributed by atoms with Crippen molar-refractivity contribution in [3.8, 4) is 0 Å². The summed E-state index contributed by atoms with van der Waals surface area (Å²) in [5.74, 6) is -1.11. The Kier molecular flexibility index (Phi) is 5.37. The Bertz CT molecular complexity index is 486. The van der Waals surface area contributed by atoms with E-state index in [1.54, 1.807) is 0 Å². The Labute approximate surface area is 112 Å². The lowest BCUT2D eigenvalue weighted by atomic mass is 10.3. The second-order valence-corrected chi connectivity index (χ2v) is 4.63. The number of thioether (sulfide) groups is 1. The van der Waals surface area contributed by atoms with Gasteiger partial charge >= 0.3 is 11.9 Å². The molecule has 0 fully saturated rings. The molecule has 0 aliphatic heterocycles. The highest BCUT2D eigenvalue weighted by Crippen LogP contribution is 2.20. The number of hydrogen-bond donors (Lipinski definition) is 2. The summed E-state index contributed by atoms with van der Waals surface area (Å²) in [6.45, 7) is 1.23. The molecule has 1 aromatic rings. The van der Waals surface area contributed by atoms with E-state index in [-0.39, 0.29) is 17.4 Å². The van der Waals surface area contributed by atoms with Gasteiger partial charge in [0.15, 0.2) is 0 Å². The van der Waals surface area contributed by atoms with E-state index in [1.165, 1.54) is 30.8 Å². The number of carboxylic acid groups (broad SMARTS) is 1. The number of furan rings is 1. The molecule has 1 rings (SSSR count). The molecule has 1 heterocycles. The summed E-state index contributed by atoms with van der Waals surface area (Å²) in [5, 5.41) is 21.5. The monoisotopic (exact) mass is 288 g/mol. The molecule has 0 aromatic carbocycles. The van der Waals surface area contributed by atoms with E-state index in [1.807, 2.05) is 0 Å². The number of aliphatic carboxylic acids is 1. The highest BCUT2D eigenvalue weighted by atomic mass is 32.2. The van der Waals surface area contributed by atoms with Crippen molar-refractivity contribution in [3.63, 3.8) is 0 Å². The van der Waals surface area contributed by atoms with Gasteiger partial charge in [0.2, 0.25) is 5.91 Å². The number of nitrogens with zero attached hydrogens (tertiary/aromatic N) is 1. The van der Waals surface area contributed by atoms with Gasteiger partial charge in [-0.15, -0.1) is 0 Å². The quantitative estimate of drug-likeness (QED) is 0.567. The second-order valence-electron chi connectivity index (χ2n) is 3.60. The molecule has 19 heavy (non-hydrogen) atoms. The van der Waals surface area contributed by atoms with Gasteiger partial charge in [0, 0.05) is 12.7 Å². The smallest absolute Gasteiger partial charge is 0.433 e. The highest BCUT2D eigenvalue weighted by molar-refractivity contribution is 7.98. The molecule has 0 saturated heterocycles. The number of nitrogens with one attached hydrogen (secondary N) is 1. The number of amides is 1. The van der Waals surface area contributed by atoms with Crippen LogP contribution >= 0.6 is 11.8 Å². The Balaban J connectivity index is 2.44. The normalized spacial score (nSPS) is 11.8. The molecule has 0 unspecified atom stereocenters. The van der Waals surface area contributed by atoms with Gasteiger partial charge in [0.1, 0.15) is 16.7 Å². The van der Waals surface area contributed by atoms with E-state index < -0.39 is 22.8 Å². The van der Waals surface area contributed by atoms with Crippen molar-refractivity contribution >= 4 is 29.5 Å². The summed E-state index contributed by atoms with van der Waals surface area (Å²) in [7, 11) is 0. The van der Waals surface area contributed by atoms with Gasteiger partial charge < -0.3 is 14.8 Å². The molecule has 104 valence electrons. The Hall–Kier alpha value is -2.03. The molecule has 0 saturated carbocycles. The number of hydrogen-bond acceptors (Lipinski definition) is 6. The molecule has 8 nitrogen and oxygen atoms in total. The highest BCUT2D eigenvalue weighted by Gasteiger charge is 2.19. The fourth-order valence-corrected chi connectivity index (χ4v) is 2.18. The summed E-state index contributed by atoms with van der Waals surface area (Å²) in [6, 6.07) is 1.70. The molecule has 1 aromatic heterocycles. The molecule has 0 radical (unpaired) electrons. The first-order valence-corrected chi connectivity index (χ1v) is 6.36. The third-order valence-electron chi connectivity index (χ3n) is 2.03. The Morgan fingerprint density at radius 3 is 2.74 bits per heavy atom. The molecule has 0 aliphatic carbocycles. The predicted molar refractivity (Wildman–Crippen MR) is 66.8 cm³/mol. The molecule has 2 N–H and O–H groups in total. The molecular formula is C10H12N2O6S. The van der Waals surface area contributed by atoms with Crippen LogP contribution in [0.5, 0.6) is 0 Å². The van der Waals surface area contributed by atoms with E-state index in [9.17, 15) is 19.7 Å². The standard InChI is InChI=1S/C10H12N2O6S/c1-6(13)11-8(10(14)15)5-19-4-7-2-3-9(18-7)12(16)17/h2-3,8H,4-5H2,1H3,(H,11,13)(H,14,15)/t8-/m0/s1. The zero-order valence-electron chi connectivity index (χ0n) is 9.99. The summed E-state index contributed by atoms with van der Waals surface area (Å²) in [4.78, 5) is 31.4. The number of carbonyl (C=O) groups excluding carboxylic acids is 1. The summed E-state index contributed by atoms with van der Waals surface area (Å²) < 4.78 is 4.91. The van der Waals surface area contributed by atoms with Gasteiger partial charge in [0.25, 0.3) is 0 Å². The van der Waals surface area contributed by atoms with Crippen LogP contribution in [0.1, 0.15) is 12.7 Å². The van der Waals surface area contributed by atoms with E-state index >= 15 is 0 Å². The van der Waals surface area contributed by atoms with Crippen molar-refractivity contribution in [1.82, 2.24) is 5.32 Å². The molecule has 1 atom stereocenters. The summed E-state index contributed by atoms with van der Waals surface area (Å²) in [6.07, 6.45) is 0. The first kappa shape index (κ1) is 15.0. The van der Waals surface area contributed by atoms with Gasteiger partial charge in [-0.05, 0) is 6.07 Å². The molecule has 0 spiro atoms. The average molecular weight is 288 g/mol. The van der Waals surface area contributed by atoms with E-state index in [0.29, 0.717) is 5.76 Å². The van der Waals surface area contributed by atoms with Crippen molar-refractivity contribution in [1.29, 1.82) is 0 Å². The van der Waals surface area contributed by atoms with E-state index in [4.69, 9.17) is 9.52 Å². The predicted octanol–water partition coefficient (Wildman–Crippen LogP) is 1.01. The number of carbonyl (C=O) groups is 2. The van der Waals surface area contributed by atoms with Crippen molar-refractivity contribution < 1.29 is 24.0 Å². The van der Waals surface area contributed by atoms with Crippen molar-refractivity contribution in [2.24, 2.45) is 0 Å². The van der Waals surface area contributed by atoms with E-state index in [0.717, 1.165) is 0 Å². The minimum absolute atomic E-state index is 0.142. The van der Waals surface area contributed by atoms with Crippen LogP contribution in [0.25, 0.3) is 0 Å². The van der Waals surface area contributed by atoms with Gasteiger partial charge in [0.05, 0.1) is 11.8 Å². The Morgan fingerprint density at radius 2 is 2.26 bits per heavy atom. The van der Waals surface area contributed by atoms with Crippen LogP contribution in [0.2, 0.25) is 0 Å². The lowest BCUT2D eigenvalue weighted by Gasteiger charge is -2.11. The van der Waals surface area contributed by atoms with Crippen molar-refractivity contribution in [2.75, 3.05) is 5.75 Å². The topological polar surface area (TPSA) is 123 Å². The first-order chi connectivity index (χ1) is 8.90. The Morgan fingerprint density at radius 1 is 1.58 bits per heavy atom. The number of rotatable bonds is 7. The fraction of sp³-hybridized carbons (Fsp3) is 0.400. The first-order valence-electron chi connectivity index (χ1n) is 5.21. The fourth-order valence-electron chi connectivity index (χ4n) is 1.24. The minimum Gasteiger partial charge on any atom is -0.480 e. The second kappa shape index (κ2) is 6.78. The van der Waals surface area contributed by atoms with Gasteiger partial charge in [-0.25, -0.2) is 4.79 Å². The summed E-state index contributed by atoms with van der Waals surface area (Å²) in [5.41, 5.74) is 0. The molecule has 0 bridgehead atoms. The van der Waals surface area contributed by atoms with Crippen LogP contribution in [0.4, 0.5) is 5.88 Å². The van der Waals surface area contributed by atoms with E-state index in [2.05, 4.69) is 5.32 Å². The zero-order valence-corrected chi connectivity index (χ0v) is 10.8. The number of carboxylic acids is 1. The van der Waals surface area contributed by atoms with Crippen LogP contribution in [0.3, 0.4) is 0 Å². The molecular weight excluding hydrogens is 276 g/mol. The van der Waals surface area contributed by atoms with Crippen LogP contribution in [0, 0.1) is 10.1 Å². The summed E-state index contributed by atoms with van der Waals surface area (Å²) >= 11 is 1.20. The largest absolute Gasteiger partial charge is 0.480 e. The van der Waals surface area contributed by atoms with Gasteiger partial charge in [-0.2, -0.15) is 11.8 Å². The van der Waals surface area contributed by atoms with Crippen LogP contribution in [0.15, 0.2) is 16.5 Å². The third kappa shape index (κ3) is 5.00. The van der Waals surface area contributed by atoms with Gasteiger partial charge in [-0.1, -0.05) is 0 Å². The third-order valence-corrected chi connectivity index (χ3v) is 3.09.